The summed E-state index contributed by atoms with van der Waals surface area (Å²) in [5.74, 6) is 0.492. The smallest absolute Gasteiger partial charge is 0.337 e. The van der Waals surface area contributed by atoms with Gasteiger partial charge in [-0.2, -0.15) is 0 Å². The largest absolute Gasteiger partial charge is 0.465 e. The summed E-state index contributed by atoms with van der Waals surface area (Å²) in [4.78, 5) is 24.0. The van der Waals surface area contributed by atoms with Crippen LogP contribution in [0.3, 0.4) is 0 Å². The van der Waals surface area contributed by atoms with Crippen LogP contribution in [0.4, 0.5) is 5.69 Å². The lowest BCUT2D eigenvalue weighted by Gasteiger charge is -2.16. The minimum Gasteiger partial charge on any atom is -0.465 e. The maximum atomic E-state index is 12.2. The monoisotopic (exact) mass is 398 g/mol. The SMILES string of the molecule is CCn1c(SCC(=O)Nc2ccccc2)nnc1C1C=C(C(=O)OC)C=CC1. The zero-order valence-corrected chi connectivity index (χ0v) is 16.6. The van der Waals surface area contributed by atoms with E-state index in [1.54, 1.807) is 6.08 Å². The fourth-order valence-electron chi connectivity index (χ4n) is 2.94. The van der Waals surface area contributed by atoms with E-state index in [0.717, 1.165) is 17.9 Å². The summed E-state index contributed by atoms with van der Waals surface area (Å²) in [6.45, 7) is 2.68. The number of rotatable bonds is 7. The lowest BCUT2D eigenvalue weighted by molar-refractivity contribution is -0.135. The number of amides is 1. The average Bonchev–Trinajstić information content (AvgIpc) is 3.15. The lowest BCUT2D eigenvalue weighted by atomic mass is 9.95. The molecule has 1 atom stereocenters. The highest BCUT2D eigenvalue weighted by molar-refractivity contribution is 7.99. The number of benzene rings is 1. The van der Waals surface area contributed by atoms with Crippen molar-refractivity contribution in [2.45, 2.75) is 31.0 Å². The molecule has 0 aliphatic heterocycles. The Morgan fingerprint density at radius 3 is 2.79 bits per heavy atom. The highest BCUT2D eigenvalue weighted by atomic mass is 32.2. The third-order valence-electron chi connectivity index (χ3n) is 4.27. The van der Waals surface area contributed by atoms with E-state index in [9.17, 15) is 9.59 Å². The van der Waals surface area contributed by atoms with Crippen LogP contribution >= 0.6 is 11.8 Å². The van der Waals surface area contributed by atoms with Gasteiger partial charge < -0.3 is 14.6 Å². The van der Waals surface area contributed by atoms with Gasteiger partial charge >= 0.3 is 5.97 Å². The van der Waals surface area contributed by atoms with Gasteiger partial charge in [-0.15, -0.1) is 10.2 Å². The molecule has 3 rings (SSSR count). The molecule has 2 aromatic rings. The van der Waals surface area contributed by atoms with Crippen molar-refractivity contribution in [2.75, 3.05) is 18.2 Å². The molecule has 1 amide bonds. The molecule has 1 aliphatic carbocycles. The maximum absolute atomic E-state index is 12.2. The molecule has 8 heteroatoms. The summed E-state index contributed by atoms with van der Waals surface area (Å²) < 4.78 is 6.78. The first-order chi connectivity index (χ1) is 13.6. The van der Waals surface area contributed by atoms with Crippen molar-refractivity contribution in [3.63, 3.8) is 0 Å². The van der Waals surface area contributed by atoms with Crippen LogP contribution in [0.25, 0.3) is 0 Å². The summed E-state index contributed by atoms with van der Waals surface area (Å²) >= 11 is 1.34. The van der Waals surface area contributed by atoms with E-state index in [1.807, 2.05) is 54.0 Å². The minimum atomic E-state index is -0.365. The predicted molar refractivity (Wildman–Crippen MR) is 108 cm³/mol. The van der Waals surface area contributed by atoms with Crippen molar-refractivity contribution in [3.05, 3.63) is 60.0 Å². The molecule has 146 valence electrons. The molecular formula is C20H22N4O3S. The molecule has 1 N–H and O–H groups in total. The number of carbonyl (C=O) groups is 2. The van der Waals surface area contributed by atoms with Crippen molar-refractivity contribution >= 4 is 29.3 Å². The van der Waals surface area contributed by atoms with Gasteiger partial charge in [0, 0.05) is 18.2 Å². The molecule has 1 aromatic heterocycles. The van der Waals surface area contributed by atoms with Gasteiger partial charge in [-0.25, -0.2) is 4.79 Å². The Morgan fingerprint density at radius 1 is 1.29 bits per heavy atom. The molecule has 7 nitrogen and oxygen atoms in total. The van der Waals surface area contributed by atoms with E-state index < -0.39 is 0 Å². The molecule has 0 bridgehead atoms. The molecule has 1 aromatic carbocycles. The Balaban J connectivity index is 1.68. The molecular weight excluding hydrogens is 376 g/mol. The van der Waals surface area contributed by atoms with Gasteiger partial charge in [-0.1, -0.05) is 48.2 Å². The molecule has 0 saturated heterocycles. The first-order valence-corrected chi connectivity index (χ1v) is 9.98. The Labute approximate surface area is 167 Å². The number of esters is 1. The van der Waals surface area contributed by atoms with Gasteiger partial charge in [0.05, 0.1) is 18.4 Å². The summed E-state index contributed by atoms with van der Waals surface area (Å²) in [5.41, 5.74) is 1.28. The van der Waals surface area contributed by atoms with Gasteiger partial charge in [0.15, 0.2) is 5.16 Å². The van der Waals surface area contributed by atoms with Crippen LogP contribution in [-0.4, -0.2) is 39.5 Å². The number of ether oxygens (including phenoxy) is 1. The van der Waals surface area contributed by atoms with E-state index >= 15 is 0 Å². The normalized spacial score (nSPS) is 15.8. The first kappa shape index (κ1) is 19.9. The summed E-state index contributed by atoms with van der Waals surface area (Å²) in [6, 6.07) is 9.33. The van der Waals surface area contributed by atoms with Crippen LogP contribution in [0.2, 0.25) is 0 Å². The zero-order chi connectivity index (χ0) is 19.9. The first-order valence-electron chi connectivity index (χ1n) is 8.99. The highest BCUT2D eigenvalue weighted by Gasteiger charge is 2.23. The Morgan fingerprint density at radius 2 is 2.07 bits per heavy atom. The number of hydrogen-bond donors (Lipinski definition) is 1. The molecule has 1 heterocycles. The van der Waals surface area contributed by atoms with Crippen LogP contribution in [0.15, 0.2) is 59.3 Å². The lowest BCUT2D eigenvalue weighted by Crippen LogP contribution is -2.15. The second kappa shape index (κ2) is 9.36. The van der Waals surface area contributed by atoms with Crippen molar-refractivity contribution in [3.8, 4) is 0 Å². The van der Waals surface area contributed by atoms with Crippen LogP contribution in [0, 0.1) is 0 Å². The minimum absolute atomic E-state index is 0.0564. The van der Waals surface area contributed by atoms with Crippen molar-refractivity contribution in [1.82, 2.24) is 14.8 Å². The summed E-state index contributed by atoms with van der Waals surface area (Å²) in [5, 5.41) is 12.1. The Kier molecular flexibility index (Phi) is 6.65. The summed E-state index contributed by atoms with van der Waals surface area (Å²) in [7, 11) is 1.37. The van der Waals surface area contributed by atoms with Gasteiger partial charge in [0.25, 0.3) is 0 Å². The quantitative estimate of drug-likeness (QED) is 0.569. The Hall–Kier alpha value is -2.87. The number of allylic oxidation sites excluding steroid dienone is 2. The molecule has 1 unspecified atom stereocenters. The number of thioether (sulfide) groups is 1. The molecule has 0 radical (unpaired) electrons. The average molecular weight is 398 g/mol. The van der Waals surface area contributed by atoms with Gasteiger partial charge in [0.2, 0.25) is 5.91 Å². The Bertz CT molecular complexity index is 905. The maximum Gasteiger partial charge on any atom is 0.337 e. The molecule has 1 aliphatic rings. The van der Waals surface area contributed by atoms with Crippen LogP contribution in [0.5, 0.6) is 0 Å². The van der Waals surface area contributed by atoms with Crippen molar-refractivity contribution in [2.24, 2.45) is 0 Å². The molecule has 0 spiro atoms. The van der Waals surface area contributed by atoms with Gasteiger partial charge in [-0.3, -0.25) is 4.79 Å². The van der Waals surface area contributed by atoms with Gasteiger partial charge in [-0.05, 0) is 25.5 Å². The fraction of sp³-hybridized carbons (Fsp3) is 0.300. The van der Waals surface area contributed by atoms with E-state index in [-0.39, 0.29) is 23.5 Å². The third-order valence-corrected chi connectivity index (χ3v) is 5.24. The topological polar surface area (TPSA) is 86.1 Å². The van der Waals surface area contributed by atoms with E-state index in [4.69, 9.17) is 4.74 Å². The van der Waals surface area contributed by atoms with Crippen LogP contribution in [-0.2, 0) is 20.9 Å². The number of anilines is 1. The number of aromatic nitrogens is 3. The molecule has 0 saturated carbocycles. The number of methoxy groups -OCH3 is 1. The second-order valence-corrected chi connectivity index (χ2v) is 7.09. The van der Waals surface area contributed by atoms with Crippen LogP contribution in [0.1, 0.15) is 25.1 Å². The number of carbonyl (C=O) groups excluding carboxylic acids is 2. The second-order valence-electron chi connectivity index (χ2n) is 6.15. The van der Waals surface area contributed by atoms with E-state index in [2.05, 4.69) is 15.5 Å². The number of nitrogens with zero attached hydrogens (tertiary/aromatic N) is 3. The number of nitrogens with one attached hydrogen (secondary N) is 1. The molecule has 28 heavy (non-hydrogen) atoms. The predicted octanol–water partition coefficient (Wildman–Crippen LogP) is 3.17. The number of hydrogen-bond acceptors (Lipinski definition) is 6. The van der Waals surface area contributed by atoms with Crippen molar-refractivity contribution in [1.29, 1.82) is 0 Å². The molecule has 0 fully saturated rings. The highest BCUT2D eigenvalue weighted by Crippen LogP contribution is 2.29. The van der Waals surface area contributed by atoms with E-state index in [0.29, 0.717) is 17.3 Å². The van der Waals surface area contributed by atoms with Crippen LogP contribution < -0.4 is 5.32 Å². The standard InChI is InChI=1S/C20H22N4O3S/c1-3-24-18(14-8-7-9-15(12-14)19(26)27-2)22-23-20(24)28-13-17(25)21-16-10-5-4-6-11-16/h4-7,9-12,14H,3,8,13H2,1-2H3,(H,21,25). The van der Waals surface area contributed by atoms with Crippen molar-refractivity contribution < 1.29 is 14.3 Å². The summed E-state index contributed by atoms with van der Waals surface area (Å²) in [6.07, 6.45) is 6.29. The zero-order valence-electron chi connectivity index (χ0n) is 15.8. The number of para-hydroxylation sites is 1. The third kappa shape index (κ3) is 4.69. The fourth-order valence-corrected chi connectivity index (χ4v) is 3.75. The van der Waals surface area contributed by atoms with Gasteiger partial charge in [0.1, 0.15) is 5.82 Å². The van der Waals surface area contributed by atoms with E-state index in [1.165, 1.54) is 18.9 Å².